The molecular weight excluding hydrogens is 462 g/mol. The highest BCUT2D eigenvalue weighted by molar-refractivity contribution is 6.33. The van der Waals surface area contributed by atoms with Gasteiger partial charge in [0.05, 0.1) is 41.2 Å². The van der Waals surface area contributed by atoms with Crippen LogP contribution in [-0.4, -0.2) is 33.7 Å². The van der Waals surface area contributed by atoms with E-state index >= 15 is 0 Å². The lowest BCUT2D eigenvalue weighted by molar-refractivity contribution is 0.0689. The lowest BCUT2D eigenvalue weighted by Gasteiger charge is -2.27. The van der Waals surface area contributed by atoms with Crippen molar-refractivity contribution in [3.05, 3.63) is 101 Å². The van der Waals surface area contributed by atoms with Crippen LogP contribution in [0.3, 0.4) is 0 Å². The summed E-state index contributed by atoms with van der Waals surface area (Å²) in [6.45, 7) is 6.20. The van der Waals surface area contributed by atoms with E-state index in [2.05, 4.69) is 0 Å². The van der Waals surface area contributed by atoms with Crippen LogP contribution in [-0.2, 0) is 6.54 Å². The van der Waals surface area contributed by atoms with Crippen molar-refractivity contribution in [1.29, 1.82) is 0 Å². The Hall–Kier alpha value is -3.77. The van der Waals surface area contributed by atoms with Crippen molar-refractivity contribution in [1.82, 2.24) is 14.7 Å². The number of aryl methyl sites for hydroxylation is 1. The molecule has 0 unspecified atom stereocenters. The Bertz CT molecular complexity index is 1300. The van der Waals surface area contributed by atoms with Gasteiger partial charge < -0.3 is 14.4 Å². The summed E-state index contributed by atoms with van der Waals surface area (Å²) in [5, 5.41) is 5.20. The Morgan fingerprint density at radius 1 is 0.971 bits per heavy atom. The Morgan fingerprint density at radius 2 is 1.60 bits per heavy atom. The van der Waals surface area contributed by atoms with E-state index in [1.54, 1.807) is 28.8 Å². The highest BCUT2D eigenvalue weighted by Gasteiger charge is 2.26. The summed E-state index contributed by atoms with van der Waals surface area (Å²) in [6, 6.07) is 24.2. The van der Waals surface area contributed by atoms with Crippen molar-refractivity contribution >= 4 is 17.5 Å². The molecule has 4 aromatic rings. The first-order valence-electron chi connectivity index (χ1n) is 11.4. The number of ether oxygens (including phenoxy) is 2. The molecule has 0 saturated heterocycles. The van der Waals surface area contributed by atoms with Gasteiger partial charge >= 0.3 is 0 Å². The van der Waals surface area contributed by atoms with Crippen LogP contribution in [0.2, 0.25) is 5.02 Å². The molecule has 0 fully saturated rings. The van der Waals surface area contributed by atoms with Crippen LogP contribution >= 0.6 is 11.6 Å². The molecule has 1 aromatic heterocycles. The molecule has 0 N–H and O–H groups in total. The van der Waals surface area contributed by atoms with Gasteiger partial charge in [-0.15, -0.1) is 0 Å². The number of hydrogen-bond donors (Lipinski definition) is 0. The number of carbonyl (C=O) groups is 1. The second kappa shape index (κ2) is 10.7. The van der Waals surface area contributed by atoms with E-state index in [9.17, 15) is 4.79 Å². The van der Waals surface area contributed by atoms with Crippen molar-refractivity contribution in [3.8, 4) is 23.1 Å². The first-order chi connectivity index (χ1) is 16.9. The van der Waals surface area contributed by atoms with Crippen molar-refractivity contribution in [2.45, 2.75) is 33.4 Å². The van der Waals surface area contributed by atoms with E-state index in [0.29, 0.717) is 28.8 Å². The second-order valence-corrected chi connectivity index (χ2v) is 8.81. The predicted molar refractivity (Wildman–Crippen MR) is 138 cm³/mol. The van der Waals surface area contributed by atoms with Crippen molar-refractivity contribution in [2.75, 3.05) is 7.11 Å². The summed E-state index contributed by atoms with van der Waals surface area (Å²) in [7, 11) is 1.62. The van der Waals surface area contributed by atoms with Crippen LogP contribution in [0.15, 0.2) is 78.9 Å². The Balaban J connectivity index is 1.77. The third-order valence-electron chi connectivity index (χ3n) is 5.73. The molecule has 1 amide bonds. The smallest absolute Gasteiger partial charge is 0.255 e. The van der Waals surface area contributed by atoms with E-state index in [-0.39, 0.29) is 11.9 Å². The van der Waals surface area contributed by atoms with Gasteiger partial charge in [0.15, 0.2) is 0 Å². The molecule has 0 atom stereocenters. The van der Waals surface area contributed by atoms with Crippen LogP contribution in [0.5, 0.6) is 17.4 Å². The fraction of sp³-hybridized carbons (Fsp3) is 0.214. The summed E-state index contributed by atoms with van der Waals surface area (Å²) >= 11 is 6.35. The van der Waals surface area contributed by atoms with Crippen LogP contribution in [0, 0.1) is 6.92 Å². The van der Waals surface area contributed by atoms with E-state index in [1.807, 2.05) is 87.5 Å². The van der Waals surface area contributed by atoms with Gasteiger partial charge in [-0.2, -0.15) is 5.10 Å². The molecule has 3 aromatic carbocycles. The number of halogens is 1. The molecule has 0 aliphatic carbocycles. The zero-order valence-corrected chi connectivity index (χ0v) is 21.0. The molecule has 6 nitrogen and oxygen atoms in total. The minimum atomic E-state index is -0.146. The SMILES string of the molecule is COc1ccc(Oc2c(CN(C(=O)c3ccccc3Cl)C(C)C)c(C)nn2-c2ccccc2)cc1. The molecule has 7 heteroatoms. The average molecular weight is 490 g/mol. The van der Waals surface area contributed by atoms with Gasteiger partial charge in [-0.1, -0.05) is 41.9 Å². The number of nitrogens with zero attached hydrogens (tertiary/aromatic N) is 3. The van der Waals surface area contributed by atoms with Gasteiger partial charge in [-0.3, -0.25) is 4.79 Å². The number of methoxy groups -OCH3 is 1. The fourth-order valence-electron chi connectivity index (χ4n) is 3.77. The number of rotatable bonds is 8. The number of aromatic nitrogens is 2. The monoisotopic (exact) mass is 489 g/mol. The van der Waals surface area contributed by atoms with Crippen LogP contribution in [0.4, 0.5) is 0 Å². The maximum atomic E-state index is 13.5. The fourth-order valence-corrected chi connectivity index (χ4v) is 3.99. The molecule has 0 aliphatic heterocycles. The summed E-state index contributed by atoms with van der Waals surface area (Å²) in [4.78, 5) is 15.3. The minimum absolute atomic E-state index is 0.0768. The zero-order chi connectivity index (χ0) is 24.9. The molecule has 4 rings (SSSR count). The summed E-state index contributed by atoms with van der Waals surface area (Å²) in [6.07, 6.45) is 0. The van der Waals surface area contributed by atoms with Crippen LogP contribution in [0.1, 0.15) is 35.5 Å². The minimum Gasteiger partial charge on any atom is -0.497 e. The zero-order valence-electron chi connectivity index (χ0n) is 20.2. The van der Waals surface area contributed by atoms with Gasteiger partial charge in [0.25, 0.3) is 5.91 Å². The molecule has 1 heterocycles. The van der Waals surface area contributed by atoms with Gasteiger partial charge in [0.1, 0.15) is 11.5 Å². The Morgan fingerprint density at radius 3 is 2.23 bits per heavy atom. The summed E-state index contributed by atoms with van der Waals surface area (Å²) in [5.41, 5.74) is 2.92. The molecule has 0 spiro atoms. The number of para-hydroxylation sites is 1. The molecule has 0 bridgehead atoms. The van der Waals surface area contributed by atoms with Crippen molar-refractivity contribution < 1.29 is 14.3 Å². The lowest BCUT2D eigenvalue weighted by atomic mass is 10.1. The van der Waals surface area contributed by atoms with Crippen molar-refractivity contribution in [3.63, 3.8) is 0 Å². The highest BCUT2D eigenvalue weighted by atomic mass is 35.5. The largest absolute Gasteiger partial charge is 0.497 e. The third kappa shape index (κ3) is 5.33. The van der Waals surface area contributed by atoms with Crippen LogP contribution in [0.25, 0.3) is 5.69 Å². The Kier molecular flexibility index (Phi) is 7.42. The normalized spacial score (nSPS) is 10.9. The average Bonchev–Trinajstić information content (AvgIpc) is 3.17. The number of amides is 1. The molecule has 0 aliphatic rings. The number of carbonyl (C=O) groups excluding carboxylic acids is 1. The van der Waals surface area contributed by atoms with Gasteiger partial charge in [0.2, 0.25) is 5.88 Å². The standard InChI is InChI=1S/C28H28ClN3O3/c1-19(2)31(27(33)24-12-8-9-13-26(24)29)18-25-20(3)30-32(21-10-6-5-7-11-21)28(25)35-23-16-14-22(34-4)15-17-23/h5-17,19H,18H2,1-4H3. The van der Waals surface area contributed by atoms with Gasteiger partial charge in [-0.25, -0.2) is 4.68 Å². The van der Waals surface area contributed by atoms with Gasteiger partial charge in [0, 0.05) is 6.04 Å². The molecule has 180 valence electrons. The first-order valence-corrected chi connectivity index (χ1v) is 11.8. The quantitative estimate of drug-likeness (QED) is 0.277. The predicted octanol–water partition coefficient (Wildman–Crippen LogP) is 6.69. The van der Waals surface area contributed by atoms with E-state index in [1.165, 1.54) is 0 Å². The maximum absolute atomic E-state index is 13.5. The lowest BCUT2D eigenvalue weighted by Crippen LogP contribution is -2.36. The first kappa shape index (κ1) is 24.4. The molecule has 35 heavy (non-hydrogen) atoms. The van der Waals surface area contributed by atoms with E-state index in [0.717, 1.165) is 22.7 Å². The Labute approximate surface area is 210 Å². The summed E-state index contributed by atoms with van der Waals surface area (Å²) < 4.78 is 13.4. The van der Waals surface area contributed by atoms with E-state index < -0.39 is 0 Å². The third-order valence-corrected chi connectivity index (χ3v) is 6.06. The van der Waals surface area contributed by atoms with Crippen LogP contribution < -0.4 is 9.47 Å². The number of hydrogen-bond acceptors (Lipinski definition) is 4. The topological polar surface area (TPSA) is 56.6 Å². The molecule has 0 saturated carbocycles. The summed E-state index contributed by atoms with van der Waals surface area (Å²) in [5.74, 6) is 1.78. The maximum Gasteiger partial charge on any atom is 0.255 e. The molecule has 0 radical (unpaired) electrons. The highest BCUT2D eigenvalue weighted by Crippen LogP contribution is 2.33. The molecular formula is C28H28ClN3O3. The number of benzene rings is 3. The van der Waals surface area contributed by atoms with E-state index in [4.69, 9.17) is 26.2 Å². The van der Waals surface area contributed by atoms with Crippen molar-refractivity contribution in [2.24, 2.45) is 0 Å². The van der Waals surface area contributed by atoms with Gasteiger partial charge in [-0.05, 0) is 69.3 Å². The second-order valence-electron chi connectivity index (χ2n) is 8.40.